The van der Waals surface area contributed by atoms with E-state index in [4.69, 9.17) is 0 Å². The molecule has 1 heterocycles. The van der Waals surface area contributed by atoms with E-state index in [1.165, 1.54) is 13.0 Å². The zero-order chi connectivity index (χ0) is 14.3. The molecule has 0 saturated carbocycles. The summed E-state index contributed by atoms with van der Waals surface area (Å²) in [5.41, 5.74) is 3.15. The van der Waals surface area contributed by atoms with E-state index < -0.39 is 17.4 Å². The maximum atomic E-state index is 13.7. The van der Waals surface area contributed by atoms with Crippen molar-refractivity contribution in [2.24, 2.45) is 0 Å². The minimum Gasteiger partial charge on any atom is -0.356 e. The number of benzene rings is 1. The van der Waals surface area contributed by atoms with E-state index in [1.54, 1.807) is 6.92 Å². The lowest BCUT2D eigenvalue weighted by molar-refractivity contribution is 0.103. The molecule has 0 spiro atoms. The fourth-order valence-electron chi connectivity index (χ4n) is 2.04. The number of aromatic amines is 1. The monoisotopic (exact) mass is 263 g/mol. The Hall–Kier alpha value is -1.97. The molecule has 4 heteroatoms. The van der Waals surface area contributed by atoms with Gasteiger partial charge in [-0.1, -0.05) is 0 Å². The first kappa shape index (κ1) is 13.5. The number of halogens is 2. The minimum absolute atomic E-state index is 0.108. The first-order chi connectivity index (χ1) is 8.82. The average molecular weight is 263 g/mol. The topological polar surface area (TPSA) is 32.9 Å². The normalized spacial score (nSPS) is 10.8. The van der Waals surface area contributed by atoms with Crippen LogP contribution in [0, 0.1) is 39.3 Å². The second-order valence-electron chi connectivity index (χ2n) is 4.79. The molecule has 2 rings (SSSR count). The lowest BCUT2D eigenvalue weighted by Gasteiger charge is -2.05. The molecule has 0 aliphatic carbocycles. The number of H-pyrrole nitrogens is 1. The van der Waals surface area contributed by atoms with Crippen LogP contribution in [0.5, 0.6) is 0 Å². The van der Waals surface area contributed by atoms with Gasteiger partial charge < -0.3 is 4.98 Å². The molecule has 1 aromatic heterocycles. The van der Waals surface area contributed by atoms with Crippen molar-refractivity contribution >= 4 is 5.78 Å². The molecule has 2 aromatic rings. The Morgan fingerprint density at radius 1 is 1.00 bits per heavy atom. The standard InChI is InChI=1S/C15H15F2NO/c1-7-5-11(13(17)6-12(7)16)15(19)14-9(3)8(2)10(4)18-14/h5-6,18H,1-4H3. The summed E-state index contributed by atoms with van der Waals surface area (Å²) >= 11 is 0. The third-order valence-corrected chi connectivity index (χ3v) is 3.53. The zero-order valence-corrected chi connectivity index (χ0v) is 11.3. The van der Waals surface area contributed by atoms with Crippen LogP contribution in [0.15, 0.2) is 12.1 Å². The van der Waals surface area contributed by atoms with Gasteiger partial charge in [-0.2, -0.15) is 0 Å². The molecule has 0 fully saturated rings. The number of rotatable bonds is 2. The fourth-order valence-corrected chi connectivity index (χ4v) is 2.04. The van der Waals surface area contributed by atoms with Gasteiger partial charge in [0.05, 0.1) is 11.3 Å². The van der Waals surface area contributed by atoms with Gasteiger partial charge in [-0.15, -0.1) is 0 Å². The first-order valence-corrected chi connectivity index (χ1v) is 5.99. The van der Waals surface area contributed by atoms with E-state index in [-0.39, 0.29) is 11.1 Å². The van der Waals surface area contributed by atoms with Crippen molar-refractivity contribution in [2.45, 2.75) is 27.7 Å². The Kier molecular flexibility index (Phi) is 3.27. The number of hydrogen-bond acceptors (Lipinski definition) is 1. The molecule has 0 aliphatic rings. The molecule has 0 bridgehead atoms. The van der Waals surface area contributed by atoms with Crippen LogP contribution >= 0.6 is 0 Å². The van der Waals surface area contributed by atoms with E-state index in [1.807, 2.05) is 13.8 Å². The number of aromatic nitrogens is 1. The van der Waals surface area contributed by atoms with E-state index >= 15 is 0 Å². The molecule has 0 radical (unpaired) electrons. The zero-order valence-electron chi connectivity index (χ0n) is 11.3. The number of hydrogen-bond donors (Lipinski definition) is 1. The lowest BCUT2D eigenvalue weighted by atomic mass is 10.0. The summed E-state index contributed by atoms with van der Waals surface area (Å²) in [6, 6.07) is 2.00. The van der Waals surface area contributed by atoms with E-state index in [0.29, 0.717) is 5.69 Å². The first-order valence-electron chi connectivity index (χ1n) is 5.99. The highest BCUT2D eigenvalue weighted by atomic mass is 19.1. The highest BCUT2D eigenvalue weighted by Crippen LogP contribution is 2.22. The minimum atomic E-state index is -0.836. The predicted octanol–water partition coefficient (Wildman–Crippen LogP) is 3.76. The second kappa shape index (κ2) is 4.61. The van der Waals surface area contributed by atoms with E-state index in [2.05, 4.69) is 4.98 Å². The molecule has 0 aliphatic heterocycles. The Balaban J connectivity index is 2.56. The highest BCUT2D eigenvalue weighted by Gasteiger charge is 2.20. The highest BCUT2D eigenvalue weighted by molar-refractivity contribution is 6.09. The largest absolute Gasteiger partial charge is 0.356 e. The summed E-state index contributed by atoms with van der Waals surface area (Å²) in [5.74, 6) is -1.93. The van der Waals surface area contributed by atoms with Crippen molar-refractivity contribution in [1.29, 1.82) is 0 Å². The summed E-state index contributed by atoms with van der Waals surface area (Å²) < 4.78 is 26.9. The number of carbonyl (C=O) groups is 1. The number of carbonyl (C=O) groups excluding carboxylic acids is 1. The van der Waals surface area contributed by atoms with E-state index in [0.717, 1.165) is 22.9 Å². The van der Waals surface area contributed by atoms with E-state index in [9.17, 15) is 13.6 Å². The summed E-state index contributed by atoms with van der Waals surface area (Å²) in [6.07, 6.45) is 0. The van der Waals surface area contributed by atoms with Gasteiger partial charge in [-0.25, -0.2) is 8.78 Å². The molecule has 1 N–H and O–H groups in total. The van der Waals surface area contributed by atoms with Crippen LogP contribution in [0.1, 0.15) is 38.4 Å². The van der Waals surface area contributed by atoms with Crippen LogP contribution in [-0.2, 0) is 0 Å². The molecule has 19 heavy (non-hydrogen) atoms. The van der Waals surface area contributed by atoms with Gasteiger partial charge in [-0.05, 0) is 50.5 Å². The molecule has 1 aromatic carbocycles. The van der Waals surface area contributed by atoms with Crippen molar-refractivity contribution in [1.82, 2.24) is 4.98 Å². The molecule has 2 nitrogen and oxygen atoms in total. The molecular formula is C15H15F2NO. The van der Waals surface area contributed by atoms with Gasteiger partial charge in [0.25, 0.3) is 0 Å². The summed E-state index contributed by atoms with van der Waals surface area (Å²) in [5, 5.41) is 0. The predicted molar refractivity (Wildman–Crippen MR) is 69.5 cm³/mol. The van der Waals surface area contributed by atoms with Crippen molar-refractivity contribution in [3.63, 3.8) is 0 Å². The van der Waals surface area contributed by atoms with Crippen molar-refractivity contribution in [2.75, 3.05) is 0 Å². The maximum Gasteiger partial charge on any atom is 0.212 e. The number of nitrogens with one attached hydrogen (secondary N) is 1. The van der Waals surface area contributed by atoms with Crippen LogP contribution in [0.25, 0.3) is 0 Å². The SMILES string of the molecule is Cc1cc(C(=O)c2[nH]c(C)c(C)c2C)c(F)cc1F. The number of ketones is 1. The summed E-state index contributed by atoms with van der Waals surface area (Å²) in [4.78, 5) is 15.3. The third-order valence-electron chi connectivity index (χ3n) is 3.53. The molecule has 0 saturated heterocycles. The summed E-state index contributed by atoms with van der Waals surface area (Å²) in [6.45, 7) is 7.06. The molecule has 0 unspecified atom stereocenters. The van der Waals surface area contributed by atoms with Gasteiger partial charge in [0.2, 0.25) is 5.78 Å². The Morgan fingerprint density at radius 2 is 1.63 bits per heavy atom. The molecule has 100 valence electrons. The fraction of sp³-hybridized carbons (Fsp3) is 0.267. The maximum absolute atomic E-state index is 13.7. The Labute approximate surface area is 110 Å². The smallest absolute Gasteiger partial charge is 0.212 e. The average Bonchev–Trinajstić information content (AvgIpc) is 2.61. The van der Waals surface area contributed by atoms with Crippen LogP contribution in [0.4, 0.5) is 8.78 Å². The van der Waals surface area contributed by atoms with Gasteiger partial charge >= 0.3 is 0 Å². The van der Waals surface area contributed by atoms with Gasteiger partial charge in [-0.3, -0.25) is 4.79 Å². The van der Waals surface area contributed by atoms with Gasteiger partial charge in [0.1, 0.15) is 11.6 Å². The Morgan fingerprint density at radius 3 is 2.16 bits per heavy atom. The van der Waals surface area contributed by atoms with Crippen molar-refractivity contribution in [3.05, 3.63) is 57.4 Å². The van der Waals surface area contributed by atoms with Crippen molar-refractivity contribution in [3.8, 4) is 0 Å². The number of aryl methyl sites for hydroxylation is 2. The quantitative estimate of drug-likeness (QED) is 0.822. The third kappa shape index (κ3) is 2.18. The lowest BCUT2D eigenvalue weighted by Crippen LogP contribution is -2.08. The molecule has 0 amide bonds. The van der Waals surface area contributed by atoms with Gasteiger partial charge in [0, 0.05) is 11.8 Å². The van der Waals surface area contributed by atoms with Crippen LogP contribution in [-0.4, -0.2) is 10.8 Å². The second-order valence-corrected chi connectivity index (χ2v) is 4.79. The summed E-state index contributed by atoms with van der Waals surface area (Å²) in [7, 11) is 0. The van der Waals surface area contributed by atoms with Crippen LogP contribution in [0.2, 0.25) is 0 Å². The van der Waals surface area contributed by atoms with Crippen LogP contribution in [0.3, 0.4) is 0 Å². The molecule has 0 atom stereocenters. The molecular weight excluding hydrogens is 248 g/mol. The van der Waals surface area contributed by atoms with Gasteiger partial charge in [0.15, 0.2) is 0 Å². The van der Waals surface area contributed by atoms with Crippen LogP contribution < -0.4 is 0 Å². The van der Waals surface area contributed by atoms with Crippen molar-refractivity contribution < 1.29 is 13.6 Å². The Bertz CT molecular complexity index is 671.